The predicted molar refractivity (Wildman–Crippen MR) is 114 cm³/mol. The number of anilines is 1. The number of amides is 1. The summed E-state index contributed by atoms with van der Waals surface area (Å²) in [6.45, 7) is 2.59. The summed E-state index contributed by atoms with van der Waals surface area (Å²) < 4.78 is 32.5. The Hall–Kier alpha value is -2.68. The fourth-order valence-electron chi connectivity index (χ4n) is 3.47. The van der Waals surface area contributed by atoms with Crippen LogP contribution in [0.4, 0.5) is 5.69 Å². The molecular weight excluding hydrogens is 426 g/mol. The number of benzene rings is 2. The number of aryl methyl sites for hydroxylation is 1. The van der Waals surface area contributed by atoms with Crippen LogP contribution in [0.15, 0.2) is 57.9 Å². The van der Waals surface area contributed by atoms with Crippen molar-refractivity contribution < 1.29 is 17.7 Å². The number of hydrogen-bond acceptors (Lipinski definition) is 5. The molecule has 2 heterocycles. The van der Waals surface area contributed by atoms with Crippen LogP contribution in [0.25, 0.3) is 11.3 Å². The molecule has 0 spiro atoms. The van der Waals surface area contributed by atoms with Crippen LogP contribution in [-0.4, -0.2) is 36.9 Å². The minimum atomic E-state index is -3.72. The maximum Gasteiger partial charge on any atom is 0.261 e. The lowest BCUT2D eigenvalue weighted by Gasteiger charge is -2.17. The maximum atomic E-state index is 13.0. The van der Waals surface area contributed by atoms with Gasteiger partial charge in [-0.05, 0) is 38.0 Å². The molecule has 7 nitrogen and oxygen atoms in total. The first-order chi connectivity index (χ1) is 14.4. The van der Waals surface area contributed by atoms with E-state index in [9.17, 15) is 13.2 Å². The van der Waals surface area contributed by atoms with Crippen LogP contribution in [0.1, 0.15) is 29.0 Å². The quantitative estimate of drug-likeness (QED) is 0.630. The Balaban J connectivity index is 1.65. The van der Waals surface area contributed by atoms with Crippen molar-refractivity contribution >= 4 is 33.2 Å². The summed E-state index contributed by atoms with van der Waals surface area (Å²) in [7, 11) is -3.72. The van der Waals surface area contributed by atoms with Crippen molar-refractivity contribution in [2.45, 2.75) is 24.7 Å². The van der Waals surface area contributed by atoms with Crippen LogP contribution in [-0.2, 0) is 10.0 Å². The Morgan fingerprint density at radius 1 is 1.13 bits per heavy atom. The highest BCUT2D eigenvalue weighted by atomic mass is 35.5. The average Bonchev–Trinajstić information content (AvgIpc) is 3.40. The summed E-state index contributed by atoms with van der Waals surface area (Å²) in [5.74, 6) is -0.0790. The average molecular weight is 446 g/mol. The van der Waals surface area contributed by atoms with Gasteiger partial charge in [-0.2, -0.15) is 4.31 Å². The molecule has 1 aliphatic rings. The molecular formula is C21H20ClN3O4S. The Kier molecular flexibility index (Phi) is 5.64. The van der Waals surface area contributed by atoms with Crippen molar-refractivity contribution in [3.8, 4) is 11.3 Å². The second-order valence-electron chi connectivity index (χ2n) is 7.04. The highest BCUT2D eigenvalue weighted by Crippen LogP contribution is 2.31. The zero-order valence-electron chi connectivity index (χ0n) is 16.3. The Labute approximate surface area is 179 Å². The molecule has 0 unspecified atom stereocenters. The van der Waals surface area contributed by atoms with Crippen molar-refractivity contribution in [2.75, 3.05) is 18.4 Å². The van der Waals surface area contributed by atoms with Crippen molar-refractivity contribution in [1.82, 2.24) is 9.46 Å². The number of carbonyl (C=O) groups is 1. The summed E-state index contributed by atoms with van der Waals surface area (Å²) >= 11 is 6.18. The molecule has 1 saturated heterocycles. The van der Waals surface area contributed by atoms with Gasteiger partial charge in [-0.3, -0.25) is 4.79 Å². The van der Waals surface area contributed by atoms with E-state index in [4.69, 9.17) is 16.1 Å². The molecule has 0 saturated carbocycles. The van der Waals surface area contributed by atoms with Gasteiger partial charge in [-0.1, -0.05) is 47.1 Å². The Morgan fingerprint density at radius 2 is 1.83 bits per heavy atom. The van der Waals surface area contributed by atoms with E-state index in [1.807, 2.05) is 30.3 Å². The lowest BCUT2D eigenvalue weighted by atomic mass is 10.1. The van der Waals surface area contributed by atoms with Gasteiger partial charge in [-0.15, -0.1) is 0 Å². The second kappa shape index (κ2) is 8.22. The third-order valence-electron chi connectivity index (χ3n) is 5.01. The number of aromatic nitrogens is 1. The normalized spacial score (nSPS) is 14.7. The topological polar surface area (TPSA) is 92.5 Å². The van der Waals surface area contributed by atoms with Gasteiger partial charge in [0.05, 0.1) is 5.02 Å². The molecule has 1 fully saturated rings. The first kappa shape index (κ1) is 20.6. The molecule has 156 valence electrons. The third kappa shape index (κ3) is 3.86. The molecule has 4 rings (SSSR count). The van der Waals surface area contributed by atoms with E-state index in [0.717, 1.165) is 18.4 Å². The number of carbonyl (C=O) groups excluding carboxylic acids is 1. The van der Waals surface area contributed by atoms with E-state index >= 15 is 0 Å². The second-order valence-corrected chi connectivity index (χ2v) is 9.35. The number of hydrogen-bond donors (Lipinski definition) is 1. The van der Waals surface area contributed by atoms with E-state index in [2.05, 4.69) is 10.5 Å². The number of nitrogens with zero attached hydrogens (tertiary/aromatic N) is 2. The number of halogens is 1. The standard InChI is InChI=1S/C21H20ClN3O4S/c1-14-19(20(24-29-14)15-7-3-2-4-8-15)21(26)23-16-9-10-17(22)18(13-16)30(27,28)25-11-5-6-12-25/h2-4,7-10,13H,5-6,11-12H2,1H3,(H,23,26). The monoisotopic (exact) mass is 445 g/mol. The van der Waals surface area contributed by atoms with E-state index in [1.54, 1.807) is 13.0 Å². The largest absolute Gasteiger partial charge is 0.360 e. The summed E-state index contributed by atoms with van der Waals surface area (Å²) in [6, 6.07) is 13.6. The van der Waals surface area contributed by atoms with Gasteiger partial charge < -0.3 is 9.84 Å². The van der Waals surface area contributed by atoms with E-state index < -0.39 is 15.9 Å². The molecule has 9 heteroatoms. The number of rotatable bonds is 5. The molecule has 1 N–H and O–H groups in total. The van der Waals surface area contributed by atoms with Gasteiger partial charge >= 0.3 is 0 Å². The molecule has 0 radical (unpaired) electrons. The van der Waals surface area contributed by atoms with E-state index in [-0.39, 0.29) is 9.92 Å². The van der Waals surface area contributed by atoms with Gasteiger partial charge in [0.2, 0.25) is 10.0 Å². The summed E-state index contributed by atoms with van der Waals surface area (Å²) in [6.07, 6.45) is 1.64. The van der Waals surface area contributed by atoms with Crippen LogP contribution in [0, 0.1) is 6.92 Å². The molecule has 0 atom stereocenters. The smallest absolute Gasteiger partial charge is 0.261 e. The highest BCUT2D eigenvalue weighted by Gasteiger charge is 2.30. The molecule has 1 amide bonds. The molecule has 0 aliphatic carbocycles. The highest BCUT2D eigenvalue weighted by molar-refractivity contribution is 7.89. The lowest BCUT2D eigenvalue weighted by Crippen LogP contribution is -2.28. The molecule has 0 bridgehead atoms. The molecule has 1 aliphatic heterocycles. The summed E-state index contributed by atoms with van der Waals surface area (Å²) in [5, 5.41) is 6.87. The Morgan fingerprint density at radius 3 is 2.53 bits per heavy atom. The van der Waals surface area contributed by atoms with Crippen LogP contribution in [0.2, 0.25) is 5.02 Å². The molecule has 1 aromatic heterocycles. The van der Waals surface area contributed by atoms with Crippen LogP contribution in [0.5, 0.6) is 0 Å². The minimum Gasteiger partial charge on any atom is -0.360 e. The van der Waals surface area contributed by atoms with Gasteiger partial charge in [0, 0.05) is 24.3 Å². The predicted octanol–water partition coefficient (Wildman–Crippen LogP) is 4.34. The van der Waals surface area contributed by atoms with Gasteiger partial charge in [0.1, 0.15) is 21.9 Å². The SMILES string of the molecule is Cc1onc(-c2ccccc2)c1C(=O)Nc1ccc(Cl)c(S(=O)(=O)N2CCCC2)c1. The van der Waals surface area contributed by atoms with Gasteiger partial charge in [0.25, 0.3) is 5.91 Å². The minimum absolute atomic E-state index is 0.0193. The van der Waals surface area contributed by atoms with Crippen LogP contribution >= 0.6 is 11.6 Å². The molecule has 2 aromatic carbocycles. The van der Waals surface area contributed by atoms with Gasteiger partial charge in [-0.25, -0.2) is 8.42 Å². The fraction of sp³-hybridized carbons (Fsp3) is 0.238. The maximum absolute atomic E-state index is 13.0. The van der Waals surface area contributed by atoms with Crippen LogP contribution in [0.3, 0.4) is 0 Å². The molecule has 30 heavy (non-hydrogen) atoms. The van der Waals surface area contributed by atoms with Crippen molar-refractivity contribution in [3.63, 3.8) is 0 Å². The number of nitrogens with one attached hydrogen (secondary N) is 1. The Bertz CT molecular complexity index is 1190. The lowest BCUT2D eigenvalue weighted by molar-refractivity contribution is 0.102. The zero-order valence-corrected chi connectivity index (χ0v) is 17.8. The van der Waals surface area contributed by atoms with E-state index in [0.29, 0.717) is 35.8 Å². The zero-order chi connectivity index (χ0) is 21.3. The van der Waals surface area contributed by atoms with Gasteiger partial charge in [0.15, 0.2) is 0 Å². The first-order valence-corrected chi connectivity index (χ1v) is 11.3. The molecule has 3 aromatic rings. The summed E-state index contributed by atoms with van der Waals surface area (Å²) in [5.41, 5.74) is 1.78. The van der Waals surface area contributed by atoms with Crippen molar-refractivity contribution in [3.05, 3.63) is 64.9 Å². The van der Waals surface area contributed by atoms with Crippen molar-refractivity contribution in [1.29, 1.82) is 0 Å². The fourth-order valence-corrected chi connectivity index (χ4v) is 5.49. The number of sulfonamides is 1. The third-order valence-corrected chi connectivity index (χ3v) is 7.39. The first-order valence-electron chi connectivity index (χ1n) is 9.50. The van der Waals surface area contributed by atoms with E-state index in [1.165, 1.54) is 16.4 Å². The van der Waals surface area contributed by atoms with Crippen molar-refractivity contribution in [2.24, 2.45) is 0 Å². The van der Waals surface area contributed by atoms with Crippen LogP contribution < -0.4 is 5.32 Å². The summed E-state index contributed by atoms with van der Waals surface area (Å²) in [4.78, 5) is 13.0.